The van der Waals surface area contributed by atoms with Crippen LogP contribution in [0.4, 0.5) is 0 Å². The second-order valence-electron chi connectivity index (χ2n) is 4.68. The molecule has 1 amide bonds. The minimum Gasteiger partial charge on any atom is -0.491 e. The van der Waals surface area contributed by atoms with Gasteiger partial charge in [-0.2, -0.15) is 5.10 Å². The number of benzene rings is 2. The molecule has 0 saturated carbocycles. The highest BCUT2D eigenvalue weighted by Gasteiger charge is 2.11. The first kappa shape index (κ1) is 18.5. The molecule has 0 fully saturated rings. The van der Waals surface area contributed by atoms with Gasteiger partial charge in [0.15, 0.2) is 11.5 Å². The second kappa shape index (κ2) is 8.89. The zero-order valence-corrected chi connectivity index (χ0v) is 16.1. The molecule has 7 heteroatoms. The van der Waals surface area contributed by atoms with Crippen molar-refractivity contribution in [2.75, 3.05) is 13.7 Å². The van der Waals surface area contributed by atoms with Gasteiger partial charge in [-0.05, 0) is 65.4 Å². The Morgan fingerprint density at radius 1 is 1.38 bits per heavy atom. The van der Waals surface area contributed by atoms with E-state index in [1.54, 1.807) is 24.3 Å². The molecule has 0 aromatic heterocycles. The average molecular weight is 459 g/mol. The molecule has 0 saturated heterocycles. The standard InChI is InChI=1S/C17H16ClIN2O3/c1-3-24-15-8-11(7-14(18)16(15)23-2)10-20-21-17(22)12-5-4-6-13(19)9-12/h4-10H,3H2,1-2H3,(H,21,22)/b20-10-. The van der Waals surface area contributed by atoms with Crippen molar-refractivity contribution in [3.63, 3.8) is 0 Å². The fourth-order valence-corrected chi connectivity index (χ4v) is 2.82. The lowest BCUT2D eigenvalue weighted by atomic mass is 10.2. The lowest BCUT2D eigenvalue weighted by molar-refractivity contribution is 0.0955. The number of amides is 1. The van der Waals surface area contributed by atoms with E-state index in [2.05, 4.69) is 33.1 Å². The van der Waals surface area contributed by atoms with Crippen LogP contribution in [0.15, 0.2) is 41.5 Å². The summed E-state index contributed by atoms with van der Waals surface area (Å²) in [6.07, 6.45) is 1.50. The van der Waals surface area contributed by atoms with Crippen LogP contribution in [0.25, 0.3) is 0 Å². The van der Waals surface area contributed by atoms with Gasteiger partial charge in [-0.25, -0.2) is 5.43 Å². The summed E-state index contributed by atoms with van der Waals surface area (Å²) in [4.78, 5) is 12.0. The molecular weight excluding hydrogens is 443 g/mol. The molecule has 126 valence electrons. The lowest BCUT2D eigenvalue weighted by Crippen LogP contribution is -2.17. The first-order chi connectivity index (χ1) is 11.5. The van der Waals surface area contributed by atoms with Crippen LogP contribution < -0.4 is 14.9 Å². The van der Waals surface area contributed by atoms with Crippen LogP contribution in [0.1, 0.15) is 22.8 Å². The molecule has 0 atom stereocenters. The Kier molecular flexibility index (Phi) is 6.86. The summed E-state index contributed by atoms with van der Waals surface area (Å²) in [7, 11) is 1.53. The molecule has 0 bridgehead atoms. The average Bonchev–Trinajstić information content (AvgIpc) is 2.55. The van der Waals surface area contributed by atoms with E-state index in [1.807, 2.05) is 19.1 Å². The molecule has 0 aliphatic heterocycles. The summed E-state index contributed by atoms with van der Waals surface area (Å²) in [5, 5.41) is 4.37. The van der Waals surface area contributed by atoms with Crippen LogP contribution in [0.5, 0.6) is 11.5 Å². The molecule has 0 radical (unpaired) electrons. The van der Waals surface area contributed by atoms with Crippen molar-refractivity contribution < 1.29 is 14.3 Å². The monoisotopic (exact) mass is 458 g/mol. The van der Waals surface area contributed by atoms with Crippen molar-refractivity contribution in [3.05, 3.63) is 56.1 Å². The Bertz CT molecular complexity index is 765. The van der Waals surface area contributed by atoms with Crippen molar-refractivity contribution in [2.24, 2.45) is 5.10 Å². The van der Waals surface area contributed by atoms with E-state index in [9.17, 15) is 4.79 Å². The minimum absolute atomic E-state index is 0.283. The van der Waals surface area contributed by atoms with Gasteiger partial charge in [0, 0.05) is 9.13 Å². The zero-order chi connectivity index (χ0) is 17.5. The maximum absolute atomic E-state index is 12.0. The van der Waals surface area contributed by atoms with Crippen molar-refractivity contribution in [1.29, 1.82) is 0 Å². The van der Waals surface area contributed by atoms with Crippen molar-refractivity contribution in [2.45, 2.75) is 6.92 Å². The number of hydrogen-bond donors (Lipinski definition) is 1. The number of methoxy groups -OCH3 is 1. The Hall–Kier alpha value is -1.80. The first-order valence-electron chi connectivity index (χ1n) is 7.14. The topological polar surface area (TPSA) is 59.9 Å². The van der Waals surface area contributed by atoms with E-state index in [0.717, 1.165) is 3.57 Å². The van der Waals surface area contributed by atoms with Crippen molar-refractivity contribution in [3.8, 4) is 11.5 Å². The van der Waals surface area contributed by atoms with Gasteiger partial charge in [-0.15, -0.1) is 0 Å². The molecule has 5 nitrogen and oxygen atoms in total. The number of carbonyl (C=O) groups is 1. The van der Waals surface area contributed by atoms with Gasteiger partial charge < -0.3 is 9.47 Å². The Morgan fingerprint density at radius 3 is 2.83 bits per heavy atom. The minimum atomic E-state index is -0.283. The highest BCUT2D eigenvalue weighted by Crippen LogP contribution is 2.35. The molecular formula is C17H16ClIN2O3. The van der Waals surface area contributed by atoms with Gasteiger partial charge in [0.25, 0.3) is 5.91 Å². The Morgan fingerprint density at radius 2 is 2.17 bits per heavy atom. The van der Waals surface area contributed by atoms with Gasteiger partial charge in [0.05, 0.1) is 25.0 Å². The maximum Gasteiger partial charge on any atom is 0.271 e. The fraction of sp³-hybridized carbons (Fsp3) is 0.176. The third-order valence-electron chi connectivity index (χ3n) is 3.00. The predicted molar refractivity (Wildman–Crippen MR) is 103 cm³/mol. The molecule has 0 aliphatic carbocycles. The van der Waals surface area contributed by atoms with E-state index in [1.165, 1.54) is 13.3 Å². The largest absolute Gasteiger partial charge is 0.491 e. The summed E-state index contributed by atoms with van der Waals surface area (Å²) in [6, 6.07) is 10.7. The number of nitrogens with zero attached hydrogens (tertiary/aromatic N) is 1. The van der Waals surface area contributed by atoms with E-state index >= 15 is 0 Å². The van der Waals surface area contributed by atoms with Crippen LogP contribution in [-0.4, -0.2) is 25.8 Å². The molecule has 0 heterocycles. The van der Waals surface area contributed by atoms with Crippen LogP contribution in [0.2, 0.25) is 5.02 Å². The molecule has 0 unspecified atom stereocenters. The van der Waals surface area contributed by atoms with Gasteiger partial charge >= 0.3 is 0 Å². The maximum atomic E-state index is 12.0. The van der Waals surface area contributed by atoms with Crippen LogP contribution >= 0.6 is 34.2 Å². The number of hydrazone groups is 1. The number of ether oxygens (including phenoxy) is 2. The number of halogens is 2. The Balaban J connectivity index is 2.12. The first-order valence-corrected chi connectivity index (χ1v) is 8.60. The second-order valence-corrected chi connectivity index (χ2v) is 6.33. The number of hydrogen-bond acceptors (Lipinski definition) is 4. The summed E-state index contributed by atoms with van der Waals surface area (Å²) < 4.78 is 11.7. The van der Waals surface area contributed by atoms with Gasteiger partial charge in [-0.3, -0.25) is 4.79 Å². The van der Waals surface area contributed by atoms with Crippen LogP contribution in [0, 0.1) is 3.57 Å². The molecule has 2 rings (SSSR count). The molecule has 2 aromatic carbocycles. The van der Waals surface area contributed by atoms with E-state index in [-0.39, 0.29) is 5.91 Å². The molecule has 24 heavy (non-hydrogen) atoms. The lowest BCUT2D eigenvalue weighted by Gasteiger charge is -2.11. The van der Waals surface area contributed by atoms with E-state index in [0.29, 0.717) is 34.3 Å². The quantitative estimate of drug-likeness (QED) is 0.402. The zero-order valence-electron chi connectivity index (χ0n) is 13.2. The van der Waals surface area contributed by atoms with Crippen LogP contribution in [0.3, 0.4) is 0 Å². The molecule has 0 spiro atoms. The fourth-order valence-electron chi connectivity index (χ4n) is 1.98. The SMILES string of the molecule is CCOc1cc(/C=N\NC(=O)c2cccc(I)c2)cc(Cl)c1OC. The third-order valence-corrected chi connectivity index (χ3v) is 3.95. The van der Waals surface area contributed by atoms with E-state index < -0.39 is 0 Å². The molecule has 1 N–H and O–H groups in total. The molecule has 2 aromatic rings. The summed E-state index contributed by atoms with van der Waals surface area (Å²) in [6.45, 7) is 2.35. The van der Waals surface area contributed by atoms with E-state index in [4.69, 9.17) is 21.1 Å². The highest BCUT2D eigenvalue weighted by atomic mass is 127. The summed E-state index contributed by atoms with van der Waals surface area (Å²) in [5.74, 6) is 0.714. The Labute approximate surface area is 159 Å². The van der Waals surface area contributed by atoms with Crippen molar-refractivity contribution in [1.82, 2.24) is 5.43 Å². The van der Waals surface area contributed by atoms with Gasteiger partial charge in [0.2, 0.25) is 0 Å². The van der Waals surface area contributed by atoms with Crippen LogP contribution in [-0.2, 0) is 0 Å². The smallest absolute Gasteiger partial charge is 0.271 e. The van der Waals surface area contributed by atoms with Gasteiger partial charge in [0.1, 0.15) is 0 Å². The van der Waals surface area contributed by atoms with Gasteiger partial charge in [-0.1, -0.05) is 17.7 Å². The highest BCUT2D eigenvalue weighted by molar-refractivity contribution is 14.1. The number of nitrogens with one attached hydrogen (secondary N) is 1. The number of carbonyl (C=O) groups excluding carboxylic acids is 1. The predicted octanol–water partition coefficient (Wildman–Crippen LogP) is 4.12. The number of rotatable bonds is 6. The third kappa shape index (κ3) is 4.85. The summed E-state index contributed by atoms with van der Waals surface area (Å²) in [5.41, 5.74) is 3.72. The normalized spacial score (nSPS) is 10.7. The summed E-state index contributed by atoms with van der Waals surface area (Å²) >= 11 is 8.32. The molecule has 0 aliphatic rings. The van der Waals surface area contributed by atoms with Crippen molar-refractivity contribution >= 4 is 46.3 Å².